The van der Waals surface area contributed by atoms with E-state index in [1.54, 1.807) is 6.07 Å². The monoisotopic (exact) mass is 267 g/mol. The lowest BCUT2D eigenvalue weighted by Crippen LogP contribution is -2.11. The number of hydrogen-bond donors (Lipinski definition) is 1. The fraction of sp³-hybridized carbons (Fsp3) is 0. The minimum atomic E-state index is -0.530. The fourth-order valence-electron chi connectivity index (χ4n) is 1.60. The van der Waals surface area contributed by atoms with E-state index < -0.39 is 10.8 Å². The van der Waals surface area contributed by atoms with Crippen LogP contribution in [0.5, 0.6) is 0 Å². The summed E-state index contributed by atoms with van der Waals surface area (Å²) in [5.74, 6) is -0.394. The van der Waals surface area contributed by atoms with Crippen molar-refractivity contribution >= 4 is 17.3 Å². The highest BCUT2D eigenvalue weighted by Crippen LogP contribution is 2.17. The van der Waals surface area contributed by atoms with Crippen LogP contribution < -0.4 is 5.32 Å². The molecule has 2 aromatic carbocycles. The van der Waals surface area contributed by atoms with E-state index in [2.05, 4.69) is 5.32 Å². The highest BCUT2D eigenvalue weighted by atomic mass is 16.6. The summed E-state index contributed by atoms with van der Waals surface area (Å²) in [6, 6.07) is 13.7. The zero-order chi connectivity index (χ0) is 14.5. The molecule has 98 valence electrons. The van der Waals surface area contributed by atoms with Crippen LogP contribution in [0.25, 0.3) is 0 Å². The second-order valence-corrected chi connectivity index (χ2v) is 3.95. The van der Waals surface area contributed by atoms with E-state index in [0.717, 1.165) is 0 Å². The van der Waals surface area contributed by atoms with E-state index in [4.69, 9.17) is 5.26 Å². The van der Waals surface area contributed by atoms with Crippen LogP contribution in [0, 0.1) is 21.4 Å². The molecule has 0 saturated carbocycles. The average molecular weight is 267 g/mol. The maximum absolute atomic E-state index is 11.9. The normalized spacial score (nSPS) is 9.55. The lowest BCUT2D eigenvalue weighted by molar-refractivity contribution is -0.384. The third kappa shape index (κ3) is 2.97. The summed E-state index contributed by atoms with van der Waals surface area (Å²) >= 11 is 0. The summed E-state index contributed by atoms with van der Waals surface area (Å²) in [6.45, 7) is 0. The first kappa shape index (κ1) is 13.2. The van der Waals surface area contributed by atoms with E-state index in [9.17, 15) is 14.9 Å². The van der Waals surface area contributed by atoms with Gasteiger partial charge in [-0.3, -0.25) is 14.9 Å². The quantitative estimate of drug-likeness (QED) is 0.683. The minimum Gasteiger partial charge on any atom is -0.322 e. The molecule has 6 heteroatoms. The molecule has 0 saturated heterocycles. The Hall–Kier alpha value is -3.20. The number of hydrogen-bond acceptors (Lipinski definition) is 4. The van der Waals surface area contributed by atoms with Crippen LogP contribution in [0.4, 0.5) is 11.4 Å². The van der Waals surface area contributed by atoms with E-state index in [-0.39, 0.29) is 5.69 Å². The van der Waals surface area contributed by atoms with Gasteiger partial charge in [-0.2, -0.15) is 5.26 Å². The number of rotatable bonds is 3. The molecule has 0 aliphatic heterocycles. The number of amides is 1. The number of nitro groups is 1. The maximum atomic E-state index is 11.9. The van der Waals surface area contributed by atoms with E-state index in [1.807, 2.05) is 6.07 Å². The van der Waals surface area contributed by atoms with Crippen LogP contribution in [0.3, 0.4) is 0 Å². The number of carbonyl (C=O) groups is 1. The molecule has 0 unspecified atom stereocenters. The highest BCUT2D eigenvalue weighted by molar-refractivity contribution is 6.04. The van der Waals surface area contributed by atoms with Crippen molar-refractivity contribution in [2.24, 2.45) is 0 Å². The number of anilines is 1. The topological polar surface area (TPSA) is 96.0 Å². The molecule has 0 aromatic heterocycles. The van der Waals surface area contributed by atoms with Crippen molar-refractivity contribution in [2.45, 2.75) is 0 Å². The molecule has 0 bridgehead atoms. The molecule has 0 fully saturated rings. The molecule has 0 aliphatic rings. The zero-order valence-electron chi connectivity index (χ0n) is 10.2. The van der Waals surface area contributed by atoms with Crippen molar-refractivity contribution in [1.82, 2.24) is 0 Å². The van der Waals surface area contributed by atoms with Gasteiger partial charge in [0.2, 0.25) is 0 Å². The molecule has 0 aliphatic carbocycles. The Bertz CT molecular complexity index is 702. The first-order valence-electron chi connectivity index (χ1n) is 5.66. The van der Waals surface area contributed by atoms with Gasteiger partial charge >= 0.3 is 0 Å². The van der Waals surface area contributed by atoms with Crippen molar-refractivity contribution in [3.63, 3.8) is 0 Å². The summed E-state index contributed by atoms with van der Waals surface area (Å²) in [6.07, 6.45) is 0. The van der Waals surface area contributed by atoms with E-state index in [0.29, 0.717) is 16.8 Å². The first-order chi connectivity index (χ1) is 9.60. The Morgan fingerprint density at radius 2 is 1.90 bits per heavy atom. The summed E-state index contributed by atoms with van der Waals surface area (Å²) < 4.78 is 0. The van der Waals surface area contributed by atoms with Crippen LogP contribution in [0.2, 0.25) is 0 Å². The van der Waals surface area contributed by atoms with Crippen molar-refractivity contribution < 1.29 is 9.72 Å². The Morgan fingerprint density at radius 1 is 1.20 bits per heavy atom. The largest absolute Gasteiger partial charge is 0.322 e. The molecule has 2 rings (SSSR count). The number of non-ortho nitro benzene ring substituents is 1. The second-order valence-electron chi connectivity index (χ2n) is 3.95. The highest BCUT2D eigenvalue weighted by Gasteiger charge is 2.09. The van der Waals surface area contributed by atoms with Crippen LogP contribution in [0.15, 0.2) is 48.5 Å². The summed E-state index contributed by atoms with van der Waals surface area (Å²) in [5.41, 5.74) is 1.07. The second kappa shape index (κ2) is 5.63. The Labute approximate surface area is 114 Å². The molecule has 1 amide bonds. The van der Waals surface area contributed by atoms with Gasteiger partial charge in [-0.15, -0.1) is 0 Å². The van der Waals surface area contributed by atoms with Gasteiger partial charge in [0.25, 0.3) is 11.6 Å². The van der Waals surface area contributed by atoms with Crippen LogP contribution in [0.1, 0.15) is 15.9 Å². The summed E-state index contributed by atoms with van der Waals surface area (Å²) in [4.78, 5) is 22.0. The lowest BCUT2D eigenvalue weighted by atomic mass is 10.1. The van der Waals surface area contributed by atoms with Gasteiger partial charge < -0.3 is 5.32 Å². The molecule has 0 heterocycles. The molecule has 0 radical (unpaired) electrons. The third-order valence-electron chi connectivity index (χ3n) is 2.59. The van der Waals surface area contributed by atoms with Gasteiger partial charge in [0, 0.05) is 23.4 Å². The van der Waals surface area contributed by atoms with E-state index in [1.165, 1.54) is 42.5 Å². The Balaban J connectivity index is 2.17. The Morgan fingerprint density at radius 3 is 2.50 bits per heavy atom. The molecule has 1 N–H and O–H groups in total. The van der Waals surface area contributed by atoms with Crippen LogP contribution >= 0.6 is 0 Å². The predicted molar refractivity (Wildman–Crippen MR) is 72.2 cm³/mol. The van der Waals surface area contributed by atoms with Gasteiger partial charge in [-0.05, 0) is 30.3 Å². The van der Waals surface area contributed by atoms with Crippen molar-refractivity contribution in [1.29, 1.82) is 5.26 Å². The van der Waals surface area contributed by atoms with Crippen LogP contribution in [-0.4, -0.2) is 10.8 Å². The smallest absolute Gasteiger partial charge is 0.271 e. The minimum absolute atomic E-state index is 0.0948. The molecular formula is C14H9N3O3. The number of nitrogens with zero attached hydrogens (tertiary/aromatic N) is 2. The summed E-state index contributed by atoms with van der Waals surface area (Å²) in [7, 11) is 0. The van der Waals surface area contributed by atoms with Gasteiger partial charge in [0.15, 0.2) is 0 Å². The molecule has 6 nitrogen and oxygen atoms in total. The van der Waals surface area contributed by atoms with Gasteiger partial charge in [-0.25, -0.2) is 0 Å². The molecule has 0 spiro atoms. The average Bonchev–Trinajstić information content (AvgIpc) is 2.47. The molecule has 0 atom stereocenters. The first-order valence-corrected chi connectivity index (χ1v) is 5.66. The summed E-state index contributed by atoms with van der Waals surface area (Å²) in [5, 5.41) is 21.9. The van der Waals surface area contributed by atoms with Crippen LogP contribution in [-0.2, 0) is 0 Å². The zero-order valence-corrected chi connectivity index (χ0v) is 10.2. The number of benzene rings is 2. The molecule has 2 aromatic rings. The van der Waals surface area contributed by atoms with Crippen molar-refractivity contribution in [3.8, 4) is 6.07 Å². The Kier molecular flexibility index (Phi) is 3.72. The third-order valence-corrected chi connectivity index (χ3v) is 2.59. The number of carbonyl (C=O) groups excluding carboxylic acids is 1. The lowest BCUT2D eigenvalue weighted by Gasteiger charge is -2.05. The maximum Gasteiger partial charge on any atom is 0.271 e. The van der Waals surface area contributed by atoms with Crippen molar-refractivity contribution in [3.05, 3.63) is 69.8 Å². The molecular weight excluding hydrogens is 258 g/mol. The van der Waals surface area contributed by atoms with Gasteiger partial charge in [0.1, 0.15) is 0 Å². The fourth-order valence-corrected chi connectivity index (χ4v) is 1.60. The standard InChI is InChI=1S/C14H9N3O3/c15-9-10-4-6-11(7-5-10)14(18)16-12-2-1-3-13(8-12)17(19)20/h1-8H,(H,16,18). The SMILES string of the molecule is N#Cc1ccc(C(=O)Nc2cccc([N+](=O)[O-])c2)cc1. The number of nitrogens with one attached hydrogen (secondary N) is 1. The number of nitro benzene ring substituents is 1. The van der Waals surface area contributed by atoms with Gasteiger partial charge in [-0.1, -0.05) is 6.07 Å². The molecule has 20 heavy (non-hydrogen) atoms. The predicted octanol–water partition coefficient (Wildman–Crippen LogP) is 2.72. The van der Waals surface area contributed by atoms with E-state index >= 15 is 0 Å². The van der Waals surface area contributed by atoms with Gasteiger partial charge in [0.05, 0.1) is 16.6 Å². The number of nitriles is 1. The van der Waals surface area contributed by atoms with Crippen molar-refractivity contribution in [2.75, 3.05) is 5.32 Å².